The largest absolute Gasteiger partial charge is 0.388 e. The SMILES string of the molecule is CC1=C(n2c(N)c(C(N)=O)c3cc(N4CCCC4=O)cnc32)[C@H](C)[C@H](O)C=C1. The Morgan fingerprint density at radius 3 is 2.79 bits per heavy atom. The number of fused-ring (bicyclic) bond motifs is 1. The van der Waals surface area contributed by atoms with Gasteiger partial charge in [0.05, 0.1) is 23.6 Å². The Morgan fingerprint density at radius 2 is 2.14 bits per heavy atom. The molecule has 0 saturated carbocycles. The summed E-state index contributed by atoms with van der Waals surface area (Å²) < 4.78 is 1.69. The van der Waals surface area contributed by atoms with Gasteiger partial charge in [-0.1, -0.05) is 19.1 Å². The van der Waals surface area contributed by atoms with Crippen molar-refractivity contribution in [3.63, 3.8) is 0 Å². The normalized spacial score (nSPS) is 22.5. The van der Waals surface area contributed by atoms with E-state index in [0.29, 0.717) is 29.7 Å². The number of aliphatic hydroxyl groups is 1. The molecule has 8 heteroatoms. The molecule has 0 spiro atoms. The molecule has 0 bridgehead atoms. The van der Waals surface area contributed by atoms with Crippen LogP contribution in [0.1, 0.15) is 37.0 Å². The topological polar surface area (TPSA) is 127 Å². The molecule has 0 aromatic carbocycles. The number of amides is 2. The van der Waals surface area contributed by atoms with Crippen LogP contribution in [0.2, 0.25) is 0 Å². The van der Waals surface area contributed by atoms with Crippen LogP contribution in [0.5, 0.6) is 0 Å². The molecule has 0 radical (unpaired) electrons. The highest BCUT2D eigenvalue weighted by atomic mass is 16.3. The van der Waals surface area contributed by atoms with E-state index in [1.165, 1.54) is 0 Å². The van der Waals surface area contributed by atoms with Crippen molar-refractivity contribution in [2.75, 3.05) is 17.2 Å². The van der Waals surface area contributed by atoms with Gasteiger partial charge >= 0.3 is 0 Å². The van der Waals surface area contributed by atoms with Crippen LogP contribution >= 0.6 is 0 Å². The molecule has 2 aromatic heterocycles. The van der Waals surface area contributed by atoms with Crippen molar-refractivity contribution in [1.82, 2.24) is 9.55 Å². The van der Waals surface area contributed by atoms with Crippen LogP contribution in [-0.2, 0) is 4.79 Å². The molecule has 3 heterocycles. The fourth-order valence-corrected chi connectivity index (χ4v) is 4.14. The van der Waals surface area contributed by atoms with Crippen LogP contribution in [0.25, 0.3) is 16.7 Å². The third kappa shape index (κ3) is 2.60. The summed E-state index contributed by atoms with van der Waals surface area (Å²) >= 11 is 0. The van der Waals surface area contributed by atoms with Crippen molar-refractivity contribution in [2.24, 2.45) is 11.7 Å². The zero-order valence-corrected chi connectivity index (χ0v) is 15.8. The summed E-state index contributed by atoms with van der Waals surface area (Å²) in [7, 11) is 0. The lowest BCUT2D eigenvalue weighted by Crippen LogP contribution is -2.24. The number of aliphatic hydroxyl groups excluding tert-OH is 1. The fourth-order valence-electron chi connectivity index (χ4n) is 4.14. The van der Waals surface area contributed by atoms with Gasteiger partial charge in [0.2, 0.25) is 5.91 Å². The van der Waals surface area contributed by atoms with E-state index in [1.54, 1.807) is 27.8 Å². The summed E-state index contributed by atoms with van der Waals surface area (Å²) in [5.74, 6) is -0.693. The molecule has 1 fully saturated rings. The van der Waals surface area contributed by atoms with Crippen molar-refractivity contribution in [1.29, 1.82) is 0 Å². The molecule has 2 aromatic rings. The number of aromatic nitrogens is 2. The summed E-state index contributed by atoms with van der Waals surface area (Å²) in [5.41, 5.74) is 14.9. The van der Waals surface area contributed by atoms with Gasteiger partial charge in [0, 0.05) is 30.0 Å². The van der Waals surface area contributed by atoms with Crippen molar-refractivity contribution >= 4 is 40.1 Å². The quantitative estimate of drug-likeness (QED) is 0.745. The standard InChI is InChI=1S/C20H23N5O3/c1-10-5-6-14(26)11(2)17(10)25-18(21)16(19(22)28)13-8-12(9-23-20(13)25)24-7-3-4-15(24)27/h5-6,8-9,11,14,26H,3-4,7,21H2,1-2H3,(H2,22,28)/t11-,14-/m1/s1. The van der Waals surface area contributed by atoms with E-state index in [9.17, 15) is 14.7 Å². The van der Waals surface area contributed by atoms with Crippen molar-refractivity contribution < 1.29 is 14.7 Å². The Balaban J connectivity index is 1.98. The number of nitrogens with two attached hydrogens (primary N) is 2. The summed E-state index contributed by atoms with van der Waals surface area (Å²) in [4.78, 5) is 30.5. The number of hydrogen-bond acceptors (Lipinski definition) is 5. The number of allylic oxidation sites excluding steroid dienone is 2. The van der Waals surface area contributed by atoms with Crippen molar-refractivity contribution in [3.8, 4) is 0 Å². The molecule has 2 atom stereocenters. The first-order valence-corrected chi connectivity index (χ1v) is 9.28. The van der Waals surface area contributed by atoms with E-state index in [4.69, 9.17) is 11.5 Å². The summed E-state index contributed by atoms with van der Waals surface area (Å²) in [6.07, 6.45) is 5.78. The predicted molar refractivity (Wildman–Crippen MR) is 107 cm³/mol. The van der Waals surface area contributed by atoms with Gasteiger partial charge in [-0.3, -0.25) is 14.2 Å². The lowest BCUT2D eigenvalue weighted by atomic mass is 9.91. The van der Waals surface area contributed by atoms with Crippen LogP contribution in [-0.4, -0.2) is 39.1 Å². The first-order chi connectivity index (χ1) is 13.3. The molecule has 0 unspecified atom stereocenters. The average Bonchev–Trinajstić information content (AvgIpc) is 3.19. The van der Waals surface area contributed by atoms with Gasteiger partial charge in [-0.2, -0.15) is 0 Å². The van der Waals surface area contributed by atoms with Crippen LogP contribution < -0.4 is 16.4 Å². The molecule has 4 rings (SSSR count). The molecular formula is C20H23N5O3. The molecule has 28 heavy (non-hydrogen) atoms. The van der Waals surface area contributed by atoms with Crippen molar-refractivity contribution in [3.05, 3.63) is 35.6 Å². The Hall–Kier alpha value is -3.13. The third-order valence-electron chi connectivity index (χ3n) is 5.59. The summed E-state index contributed by atoms with van der Waals surface area (Å²) in [5, 5.41) is 10.8. The molecule has 2 aliphatic rings. The maximum Gasteiger partial charge on any atom is 0.253 e. The maximum atomic E-state index is 12.2. The molecule has 1 aliphatic carbocycles. The second kappa shape index (κ2) is 6.49. The maximum absolute atomic E-state index is 12.2. The molecule has 1 aliphatic heterocycles. The first-order valence-electron chi connectivity index (χ1n) is 9.28. The van der Waals surface area contributed by atoms with Gasteiger partial charge in [0.15, 0.2) is 0 Å². The Bertz CT molecular complexity index is 1070. The lowest BCUT2D eigenvalue weighted by molar-refractivity contribution is -0.117. The van der Waals surface area contributed by atoms with Crippen LogP contribution in [0.15, 0.2) is 30.0 Å². The van der Waals surface area contributed by atoms with E-state index in [1.807, 2.05) is 19.9 Å². The number of carbonyl (C=O) groups excluding carboxylic acids is 2. The monoisotopic (exact) mass is 381 g/mol. The Morgan fingerprint density at radius 1 is 1.39 bits per heavy atom. The highest BCUT2D eigenvalue weighted by molar-refractivity contribution is 6.12. The molecule has 2 amide bonds. The van der Waals surface area contributed by atoms with E-state index in [2.05, 4.69) is 4.98 Å². The van der Waals surface area contributed by atoms with E-state index in [0.717, 1.165) is 17.7 Å². The smallest absolute Gasteiger partial charge is 0.253 e. The van der Waals surface area contributed by atoms with E-state index < -0.39 is 12.0 Å². The van der Waals surface area contributed by atoms with Crippen LogP contribution in [0.4, 0.5) is 11.5 Å². The van der Waals surface area contributed by atoms with Gasteiger partial charge < -0.3 is 21.5 Å². The molecule has 1 saturated heterocycles. The predicted octanol–water partition coefficient (Wildman–Crippen LogP) is 1.64. The molecule has 146 valence electrons. The van der Waals surface area contributed by atoms with Crippen LogP contribution in [0.3, 0.4) is 0 Å². The Labute approximate surface area is 162 Å². The number of rotatable bonds is 3. The van der Waals surface area contributed by atoms with Crippen molar-refractivity contribution in [2.45, 2.75) is 32.8 Å². The fraction of sp³-hybridized carbons (Fsp3) is 0.350. The van der Waals surface area contributed by atoms with E-state index in [-0.39, 0.29) is 23.2 Å². The van der Waals surface area contributed by atoms with Crippen LogP contribution in [0, 0.1) is 5.92 Å². The Kier molecular flexibility index (Phi) is 4.23. The number of hydrogen-bond donors (Lipinski definition) is 3. The van der Waals surface area contributed by atoms with Gasteiger partial charge in [-0.05, 0) is 25.0 Å². The lowest BCUT2D eigenvalue weighted by Gasteiger charge is -2.27. The number of nitrogen functional groups attached to an aromatic ring is 1. The number of pyridine rings is 1. The van der Waals surface area contributed by atoms with E-state index >= 15 is 0 Å². The molecular weight excluding hydrogens is 358 g/mol. The van der Waals surface area contributed by atoms with Gasteiger partial charge in [0.25, 0.3) is 5.91 Å². The number of primary amides is 1. The minimum atomic E-state index is -0.672. The molecule has 8 nitrogen and oxygen atoms in total. The molecule has 5 N–H and O–H groups in total. The second-order valence-electron chi connectivity index (χ2n) is 7.38. The second-order valence-corrected chi connectivity index (χ2v) is 7.38. The minimum Gasteiger partial charge on any atom is -0.388 e. The van der Waals surface area contributed by atoms with Gasteiger partial charge in [-0.15, -0.1) is 0 Å². The average molecular weight is 381 g/mol. The highest BCUT2D eigenvalue weighted by Crippen LogP contribution is 2.38. The van der Waals surface area contributed by atoms with Gasteiger partial charge in [-0.25, -0.2) is 4.98 Å². The number of nitrogens with zero attached hydrogens (tertiary/aromatic N) is 3. The number of anilines is 2. The highest BCUT2D eigenvalue weighted by Gasteiger charge is 2.30. The third-order valence-corrected chi connectivity index (χ3v) is 5.59. The zero-order chi connectivity index (χ0) is 20.2. The summed E-state index contributed by atoms with van der Waals surface area (Å²) in [6, 6.07) is 1.74. The zero-order valence-electron chi connectivity index (χ0n) is 15.8. The number of carbonyl (C=O) groups is 2. The first kappa shape index (κ1) is 18.2. The summed E-state index contributed by atoms with van der Waals surface area (Å²) in [6.45, 7) is 4.42. The van der Waals surface area contributed by atoms with Gasteiger partial charge in [0.1, 0.15) is 11.5 Å². The minimum absolute atomic E-state index is 0.0295.